The Balaban J connectivity index is 0.943. The highest BCUT2D eigenvalue weighted by atomic mass is 16.5. The van der Waals surface area contributed by atoms with Gasteiger partial charge in [-0.2, -0.15) is 0 Å². The Labute approximate surface area is 361 Å². The van der Waals surface area contributed by atoms with Crippen LogP contribution >= 0.6 is 0 Å². The van der Waals surface area contributed by atoms with Crippen LogP contribution < -0.4 is 0 Å². The number of hydrogen-bond acceptors (Lipinski definition) is 4. The summed E-state index contributed by atoms with van der Waals surface area (Å²) in [6.07, 6.45) is 45.7. The van der Waals surface area contributed by atoms with Crippen LogP contribution in [-0.4, -0.2) is 50.3 Å². The second-order valence-electron chi connectivity index (χ2n) is 21.2. The van der Waals surface area contributed by atoms with Crippen molar-refractivity contribution in [1.29, 1.82) is 0 Å². The van der Waals surface area contributed by atoms with Gasteiger partial charge in [0.25, 0.3) is 0 Å². The molecule has 3 fully saturated rings. The zero-order valence-electron chi connectivity index (χ0n) is 39.6. The molecule has 1 N–H and O–H groups in total. The van der Waals surface area contributed by atoms with Crippen LogP contribution in [0.2, 0.25) is 0 Å². The largest absolute Gasteiger partial charge is 0.388 e. The van der Waals surface area contributed by atoms with E-state index in [1.165, 1.54) is 167 Å². The van der Waals surface area contributed by atoms with Gasteiger partial charge >= 0.3 is 0 Å². The van der Waals surface area contributed by atoms with Gasteiger partial charge in [-0.3, -0.25) is 0 Å². The summed E-state index contributed by atoms with van der Waals surface area (Å²) in [4.78, 5) is 0. The average Bonchev–Trinajstić information content (AvgIpc) is 3.57. The molecule has 0 aliphatic heterocycles. The quantitative estimate of drug-likeness (QED) is 0.0530. The predicted molar refractivity (Wildman–Crippen MR) is 248 cm³/mol. The molecule has 0 saturated heterocycles. The fourth-order valence-electron chi connectivity index (χ4n) is 12.6. The van der Waals surface area contributed by atoms with Gasteiger partial charge in [-0.25, -0.2) is 0 Å². The molecule has 0 spiro atoms. The van der Waals surface area contributed by atoms with Gasteiger partial charge in [-0.05, 0) is 143 Å². The molecule has 4 nitrogen and oxygen atoms in total. The monoisotopic (exact) mass is 811 g/mol. The van der Waals surface area contributed by atoms with Crippen molar-refractivity contribution in [3.8, 4) is 0 Å². The molecule has 0 heterocycles. The van der Waals surface area contributed by atoms with Gasteiger partial charge < -0.3 is 19.3 Å². The van der Waals surface area contributed by atoms with Crippen molar-refractivity contribution in [1.82, 2.24) is 0 Å². The number of hydrogen-bond donors (Lipinski definition) is 1. The van der Waals surface area contributed by atoms with Gasteiger partial charge in [-0.1, -0.05) is 155 Å². The Morgan fingerprint density at radius 2 is 1.28 bits per heavy atom. The van der Waals surface area contributed by atoms with E-state index in [0.717, 1.165) is 74.6 Å². The van der Waals surface area contributed by atoms with E-state index >= 15 is 0 Å². The smallest absolute Gasteiger partial charge is 0.101 e. The van der Waals surface area contributed by atoms with Crippen LogP contribution in [-0.2, 0) is 14.2 Å². The highest BCUT2D eigenvalue weighted by Gasteiger charge is 2.59. The van der Waals surface area contributed by atoms with Gasteiger partial charge in [0.05, 0.1) is 19.3 Å². The van der Waals surface area contributed by atoms with Crippen LogP contribution in [0.15, 0.2) is 23.8 Å². The van der Waals surface area contributed by atoms with Crippen LogP contribution in [0, 0.1) is 46.3 Å². The number of aliphatic hydroxyl groups is 1. The standard InChI is InChI=1S/C54H98O4/c1-7-8-9-10-11-12-13-14-15-16-17-18-19-20-21-24-38-56-42-47(55)43-57-39-25-22-23-26-40-58-48-34-36-53(5)46(41-48)30-31-49-51-33-32-50(45(4)29-27-28-44(2)3)54(51,6)37-35-52(49)53/h14-15,30,44-45,47-52,55H,7-13,16-29,31-43H2,1-6H3/b15-14-/t45-,47-,48+,49+,50-,51?,52?,53+,54-/m1/s1. The van der Waals surface area contributed by atoms with E-state index in [2.05, 4.69) is 59.8 Å². The molecule has 2 unspecified atom stereocenters. The normalized spacial score (nSPS) is 29.4. The van der Waals surface area contributed by atoms with Crippen molar-refractivity contribution in [3.63, 3.8) is 0 Å². The van der Waals surface area contributed by atoms with E-state index in [-0.39, 0.29) is 0 Å². The Morgan fingerprint density at radius 1 is 0.672 bits per heavy atom. The predicted octanol–water partition coefficient (Wildman–Crippen LogP) is 15.4. The zero-order valence-corrected chi connectivity index (χ0v) is 39.6. The molecule has 0 bridgehead atoms. The van der Waals surface area contributed by atoms with Crippen LogP contribution in [0.25, 0.3) is 0 Å². The van der Waals surface area contributed by atoms with Gasteiger partial charge in [0, 0.05) is 19.8 Å². The number of unbranched alkanes of at least 4 members (excludes halogenated alkanes) is 15. The first-order chi connectivity index (χ1) is 28.2. The lowest BCUT2D eigenvalue weighted by Crippen LogP contribution is -2.51. The van der Waals surface area contributed by atoms with Gasteiger partial charge in [-0.15, -0.1) is 0 Å². The molecule has 3 saturated carbocycles. The minimum atomic E-state index is -0.517. The zero-order chi connectivity index (χ0) is 41.5. The molecule has 0 aromatic heterocycles. The third-order valence-electron chi connectivity index (χ3n) is 16.2. The summed E-state index contributed by atoms with van der Waals surface area (Å²) in [7, 11) is 0. The molecule has 338 valence electrons. The minimum absolute atomic E-state index is 0.382. The van der Waals surface area contributed by atoms with E-state index in [0.29, 0.717) is 30.1 Å². The summed E-state index contributed by atoms with van der Waals surface area (Å²) in [5.41, 5.74) is 2.74. The van der Waals surface area contributed by atoms with Crippen LogP contribution in [0.4, 0.5) is 0 Å². The van der Waals surface area contributed by atoms with Gasteiger partial charge in [0.2, 0.25) is 0 Å². The summed E-state index contributed by atoms with van der Waals surface area (Å²) < 4.78 is 18.0. The molecular formula is C54H98O4. The fraction of sp³-hybridized carbons (Fsp3) is 0.926. The van der Waals surface area contributed by atoms with E-state index in [1.807, 2.05) is 0 Å². The van der Waals surface area contributed by atoms with Crippen LogP contribution in [0.5, 0.6) is 0 Å². The van der Waals surface area contributed by atoms with E-state index < -0.39 is 6.10 Å². The molecule has 4 aliphatic rings. The Kier molecular flexibility index (Phi) is 24.2. The molecule has 9 atom stereocenters. The van der Waals surface area contributed by atoms with Crippen molar-refractivity contribution in [2.75, 3.05) is 33.0 Å². The lowest BCUT2D eigenvalue weighted by Gasteiger charge is -2.58. The summed E-state index contributed by atoms with van der Waals surface area (Å²) in [6.45, 7) is 18.2. The summed E-state index contributed by atoms with van der Waals surface area (Å²) >= 11 is 0. The Morgan fingerprint density at radius 3 is 1.91 bits per heavy atom. The topological polar surface area (TPSA) is 47.9 Å². The van der Waals surface area contributed by atoms with E-state index in [9.17, 15) is 5.11 Å². The maximum Gasteiger partial charge on any atom is 0.101 e. The maximum absolute atomic E-state index is 10.3. The van der Waals surface area contributed by atoms with Crippen molar-refractivity contribution < 1.29 is 19.3 Å². The van der Waals surface area contributed by atoms with E-state index in [4.69, 9.17) is 14.2 Å². The van der Waals surface area contributed by atoms with Crippen LogP contribution in [0.3, 0.4) is 0 Å². The molecular weight excluding hydrogens is 713 g/mol. The minimum Gasteiger partial charge on any atom is -0.388 e. The molecule has 58 heavy (non-hydrogen) atoms. The number of fused-ring (bicyclic) bond motifs is 5. The highest BCUT2D eigenvalue weighted by Crippen LogP contribution is 2.67. The lowest BCUT2D eigenvalue weighted by atomic mass is 9.47. The SMILES string of the molecule is CCCCCCCC/C=C\CCCCCCCCOC[C@@H](O)COCCCCCCO[C@H]1CC[C@@]2(C)C(=CC[C@@H]3C2CC[C@@]2(C)C3CC[C@@H]2[C@H](C)CCCC(C)C)C1. The second-order valence-corrected chi connectivity index (χ2v) is 21.2. The van der Waals surface area contributed by atoms with Crippen molar-refractivity contribution >= 4 is 0 Å². The second kappa shape index (κ2) is 28.1. The summed E-state index contributed by atoms with van der Waals surface area (Å²) in [5, 5.41) is 10.3. The first-order valence-electron chi connectivity index (χ1n) is 26.0. The maximum atomic E-state index is 10.3. The van der Waals surface area contributed by atoms with Crippen molar-refractivity contribution in [3.05, 3.63) is 23.8 Å². The number of allylic oxidation sites excluding steroid dienone is 3. The average molecular weight is 811 g/mol. The van der Waals surface area contributed by atoms with Crippen molar-refractivity contribution in [2.45, 2.75) is 240 Å². The number of aliphatic hydroxyl groups excluding tert-OH is 1. The van der Waals surface area contributed by atoms with Gasteiger partial charge in [0.15, 0.2) is 0 Å². The molecule has 0 amide bonds. The summed E-state index contributed by atoms with van der Waals surface area (Å²) in [5.74, 6) is 5.43. The molecule has 4 heteroatoms. The third kappa shape index (κ3) is 16.5. The summed E-state index contributed by atoms with van der Waals surface area (Å²) in [6, 6.07) is 0. The van der Waals surface area contributed by atoms with E-state index in [1.54, 1.807) is 5.57 Å². The molecule has 0 radical (unpaired) electrons. The molecule has 0 aromatic carbocycles. The van der Waals surface area contributed by atoms with Crippen LogP contribution in [0.1, 0.15) is 228 Å². The first-order valence-corrected chi connectivity index (χ1v) is 26.0. The molecule has 4 aliphatic carbocycles. The number of ether oxygens (including phenoxy) is 3. The third-order valence-corrected chi connectivity index (χ3v) is 16.2. The van der Waals surface area contributed by atoms with Gasteiger partial charge in [0.1, 0.15) is 6.10 Å². The first kappa shape index (κ1) is 50.0. The Bertz CT molecular complexity index is 1110. The lowest BCUT2D eigenvalue weighted by molar-refractivity contribution is -0.0641. The molecule has 0 aromatic rings. The number of rotatable bonds is 33. The Hall–Kier alpha value is -0.680. The molecule has 4 rings (SSSR count). The van der Waals surface area contributed by atoms with Crippen molar-refractivity contribution in [2.24, 2.45) is 46.3 Å². The fourth-order valence-corrected chi connectivity index (χ4v) is 12.6. The highest BCUT2D eigenvalue weighted by molar-refractivity contribution is 5.25.